The van der Waals surface area contributed by atoms with Crippen molar-refractivity contribution in [3.05, 3.63) is 71.8 Å². The normalized spacial score (nSPS) is 11.3. The van der Waals surface area contributed by atoms with Gasteiger partial charge in [0, 0.05) is 11.1 Å². The van der Waals surface area contributed by atoms with Gasteiger partial charge in [0.1, 0.15) is 11.5 Å². The first-order chi connectivity index (χ1) is 12.4. The van der Waals surface area contributed by atoms with Gasteiger partial charge in [-0.15, -0.1) is 0 Å². The Hall–Kier alpha value is -2.74. The molecular weight excluding hydrogens is 320 g/mol. The summed E-state index contributed by atoms with van der Waals surface area (Å²) in [7, 11) is 0. The topological polar surface area (TPSA) is 40.5 Å². The van der Waals surface area contributed by atoms with Crippen molar-refractivity contribution >= 4 is 0 Å². The van der Waals surface area contributed by atoms with Gasteiger partial charge in [0.2, 0.25) is 0 Å². The smallest absolute Gasteiger partial charge is 0.123 e. The summed E-state index contributed by atoms with van der Waals surface area (Å²) in [5, 5.41) is 21.0. The van der Waals surface area contributed by atoms with Crippen LogP contribution < -0.4 is 0 Å². The van der Waals surface area contributed by atoms with Crippen molar-refractivity contribution in [1.29, 1.82) is 0 Å². The van der Waals surface area contributed by atoms with E-state index in [1.165, 1.54) is 0 Å². The number of benzene rings is 3. The highest BCUT2D eigenvalue weighted by molar-refractivity contribution is 5.81. The predicted octanol–water partition coefficient (Wildman–Crippen LogP) is 6.68. The molecule has 2 heteroatoms. The minimum Gasteiger partial charge on any atom is -0.507 e. The molecule has 26 heavy (non-hydrogen) atoms. The molecule has 0 fully saturated rings. The van der Waals surface area contributed by atoms with Crippen LogP contribution >= 0.6 is 0 Å². The molecule has 0 heterocycles. The lowest BCUT2D eigenvalue weighted by Gasteiger charge is -2.18. The number of hydrogen-bond donors (Lipinski definition) is 2. The molecule has 0 saturated carbocycles. The lowest BCUT2D eigenvalue weighted by Crippen LogP contribution is -1.95. The zero-order chi connectivity index (χ0) is 18.8. The molecule has 0 unspecified atom stereocenters. The van der Waals surface area contributed by atoms with Gasteiger partial charge in [-0.25, -0.2) is 0 Å². The minimum absolute atomic E-state index is 0.287. The molecule has 3 rings (SSSR count). The molecule has 3 aromatic rings. The zero-order valence-corrected chi connectivity index (χ0v) is 15.8. The molecule has 0 aliphatic rings. The van der Waals surface area contributed by atoms with E-state index in [2.05, 4.69) is 45.9 Å². The molecule has 0 aliphatic heterocycles. The van der Waals surface area contributed by atoms with Crippen LogP contribution in [0, 0.1) is 0 Å². The standard InChI is InChI=1S/C24H26O2/c1-15(2)19-10-6-12-21(25)23(19)17-8-5-9-18(14-17)24-20(16(3)4)11-7-13-22(24)26/h5-16,25-26H,1-4H3. The first-order valence-electron chi connectivity index (χ1n) is 9.14. The summed E-state index contributed by atoms with van der Waals surface area (Å²) in [6.45, 7) is 8.51. The second-order valence-corrected chi connectivity index (χ2v) is 7.37. The lowest BCUT2D eigenvalue weighted by atomic mass is 9.88. The maximum atomic E-state index is 10.5. The molecule has 0 amide bonds. The fraction of sp³-hybridized carbons (Fsp3) is 0.250. The highest BCUT2D eigenvalue weighted by Crippen LogP contribution is 2.41. The molecule has 0 radical (unpaired) electrons. The van der Waals surface area contributed by atoms with Crippen molar-refractivity contribution < 1.29 is 10.2 Å². The predicted molar refractivity (Wildman–Crippen MR) is 109 cm³/mol. The average molecular weight is 346 g/mol. The summed E-state index contributed by atoms with van der Waals surface area (Å²) in [5.41, 5.74) is 5.88. The highest BCUT2D eigenvalue weighted by Gasteiger charge is 2.16. The van der Waals surface area contributed by atoms with E-state index in [1.807, 2.05) is 30.3 Å². The van der Waals surface area contributed by atoms with Crippen LogP contribution in [0.15, 0.2) is 60.7 Å². The van der Waals surface area contributed by atoms with Gasteiger partial charge in [-0.3, -0.25) is 0 Å². The van der Waals surface area contributed by atoms with Crippen molar-refractivity contribution in [1.82, 2.24) is 0 Å². The molecule has 0 atom stereocenters. The van der Waals surface area contributed by atoms with Crippen LogP contribution in [-0.4, -0.2) is 10.2 Å². The monoisotopic (exact) mass is 346 g/mol. The van der Waals surface area contributed by atoms with E-state index >= 15 is 0 Å². The lowest BCUT2D eigenvalue weighted by molar-refractivity contribution is 0.476. The van der Waals surface area contributed by atoms with Gasteiger partial charge < -0.3 is 10.2 Å². The number of hydrogen-bond acceptors (Lipinski definition) is 2. The third-order valence-electron chi connectivity index (χ3n) is 4.83. The van der Waals surface area contributed by atoms with Crippen molar-refractivity contribution in [2.75, 3.05) is 0 Å². The maximum Gasteiger partial charge on any atom is 0.123 e. The SMILES string of the molecule is CC(C)c1cccc(O)c1-c1cccc(-c2c(O)cccc2C(C)C)c1. The molecule has 0 aromatic heterocycles. The summed E-state index contributed by atoms with van der Waals surface area (Å²) in [4.78, 5) is 0. The average Bonchev–Trinajstić information content (AvgIpc) is 2.61. The molecule has 134 valence electrons. The summed E-state index contributed by atoms with van der Waals surface area (Å²) >= 11 is 0. The molecule has 0 aliphatic carbocycles. The summed E-state index contributed by atoms with van der Waals surface area (Å²) in [5.74, 6) is 1.18. The third-order valence-corrected chi connectivity index (χ3v) is 4.83. The number of rotatable bonds is 4. The van der Waals surface area contributed by atoms with Crippen LogP contribution in [0.25, 0.3) is 22.3 Å². The van der Waals surface area contributed by atoms with E-state index in [9.17, 15) is 10.2 Å². The van der Waals surface area contributed by atoms with Crippen molar-refractivity contribution in [2.45, 2.75) is 39.5 Å². The zero-order valence-electron chi connectivity index (χ0n) is 15.8. The second-order valence-electron chi connectivity index (χ2n) is 7.37. The van der Waals surface area contributed by atoms with Crippen LogP contribution in [0.4, 0.5) is 0 Å². The first kappa shape index (κ1) is 18.1. The quantitative estimate of drug-likeness (QED) is 0.553. The molecule has 2 N–H and O–H groups in total. The Morgan fingerprint density at radius 1 is 0.577 bits per heavy atom. The molecule has 0 spiro atoms. The Morgan fingerprint density at radius 2 is 0.962 bits per heavy atom. The van der Waals surface area contributed by atoms with Gasteiger partial charge in [-0.1, -0.05) is 70.2 Å². The van der Waals surface area contributed by atoms with Crippen LogP contribution in [0.1, 0.15) is 50.7 Å². The minimum atomic E-state index is 0.287. The van der Waals surface area contributed by atoms with Crippen molar-refractivity contribution in [3.8, 4) is 33.8 Å². The fourth-order valence-electron chi connectivity index (χ4n) is 3.54. The van der Waals surface area contributed by atoms with Gasteiger partial charge in [0.15, 0.2) is 0 Å². The van der Waals surface area contributed by atoms with E-state index in [-0.39, 0.29) is 11.5 Å². The van der Waals surface area contributed by atoms with Gasteiger partial charge in [0.25, 0.3) is 0 Å². The summed E-state index contributed by atoms with van der Waals surface area (Å²) in [6, 6.07) is 19.4. The van der Waals surface area contributed by atoms with Gasteiger partial charge >= 0.3 is 0 Å². The van der Waals surface area contributed by atoms with Crippen molar-refractivity contribution in [3.63, 3.8) is 0 Å². The number of phenolic OH excluding ortho intramolecular Hbond substituents is 2. The van der Waals surface area contributed by atoms with Gasteiger partial charge in [-0.05, 0) is 52.3 Å². The van der Waals surface area contributed by atoms with Gasteiger partial charge in [0.05, 0.1) is 0 Å². The van der Waals surface area contributed by atoms with Crippen LogP contribution in [0.3, 0.4) is 0 Å². The maximum absolute atomic E-state index is 10.5. The van der Waals surface area contributed by atoms with E-state index in [1.54, 1.807) is 12.1 Å². The van der Waals surface area contributed by atoms with Crippen LogP contribution in [0.2, 0.25) is 0 Å². The van der Waals surface area contributed by atoms with E-state index in [0.29, 0.717) is 11.8 Å². The number of phenols is 2. The Kier molecular flexibility index (Phi) is 5.03. The van der Waals surface area contributed by atoms with E-state index in [0.717, 1.165) is 33.4 Å². The molecule has 0 bridgehead atoms. The summed E-state index contributed by atoms with van der Waals surface area (Å²) in [6.07, 6.45) is 0. The fourth-order valence-corrected chi connectivity index (χ4v) is 3.54. The number of aromatic hydroxyl groups is 2. The Labute approximate surface area is 155 Å². The van der Waals surface area contributed by atoms with Crippen LogP contribution in [0.5, 0.6) is 11.5 Å². The molecular formula is C24H26O2. The Morgan fingerprint density at radius 3 is 1.35 bits per heavy atom. The third kappa shape index (κ3) is 3.32. The largest absolute Gasteiger partial charge is 0.507 e. The Balaban J connectivity index is 2.22. The van der Waals surface area contributed by atoms with E-state index in [4.69, 9.17) is 0 Å². The van der Waals surface area contributed by atoms with Crippen molar-refractivity contribution in [2.24, 2.45) is 0 Å². The second kappa shape index (κ2) is 7.25. The van der Waals surface area contributed by atoms with E-state index < -0.39 is 0 Å². The highest BCUT2D eigenvalue weighted by atomic mass is 16.3. The van der Waals surface area contributed by atoms with Gasteiger partial charge in [-0.2, -0.15) is 0 Å². The molecule has 3 aromatic carbocycles. The molecule has 0 saturated heterocycles. The molecule has 2 nitrogen and oxygen atoms in total. The summed E-state index contributed by atoms with van der Waals surface area (Å²) < 4.78 is 0. The van der Waals surface area contributed by atoms with Crippen LogP contribution in [-0.2, 0) is 0 Å². The Bertz CT molecular complexity index is 850. The first-order valence-corrected chi connectivity index (χ1v) is 9.14.